The van der Waals surface area contributed by atoms with Crippen LogP contribution in [-0.2, 0) is 4.79 Å². The lowest BCUT2D eigenvalue weighted by Gasteiger charge is -2.24. The number of nitrogens with one attached hydrogen (secondary N) is 2. The summed E-state index contributed by atoms with van der Waals surface area (Å²) in [4.78, 5) is 39.9. The zero-order chi connectivity index (χ0) is 20.8. The molecule has 0 saturated carbocycles. The average Bonchev–Trinajstić information content (AvgIpc) is 3.39. The second kappa shape index (κ2) is 9.69. The predicted molar refractivity (Wildman–Crippen MR) is 115 cm³/mol. The van der Waals surface area contributed by atoms with Crippen molar-refractivity contribution in [2.45, 2.75) is 39.2 Å². The molecule has 3 rings (SSSR count). The van der Waals surface area contributed by atoms with Gasteiger partial charge in [-0.25, -0.2) is 0 Å². The van der Waals surface area contributed by atoms with Crippen molar-refractivity contribution >= 4 is 34.7 Å². The van der Waals surface area contributed by atoms with E-state index in [1.54, 1.807) is 35.2 Å². The number of nitrogens with zero attached hydrogens (tertiary/aromatic N) is 1. The summed E-state index contributed by atoms with van der Waals surface area (Å²) in [5, 5.41) is 7.63. The van der Waals surface area contributed by atoms with E-state index in [0.29, 0.717) is 41.6 Å². The van der Waals surface area contributed by atoms with Crippen LogP contribution in [0.25, 0.3) is 0 Å². The highest BCUT2D eigenvalue weighted by molar-refractivity contribution is 7.12. The minimum absolute atomic E-state index is 0.0728. The molecule has 154 valence electrons. The zero-order valence-electron chi connectivity index (χ0n) is 16.8. The van der Waals surface area contributed by atoms with Crippen molar-refractivity contribution in [1.82, 2.24) is 10.2 Å². The lowest BCUT2D eigenvalue weighted by molar-refractivity contribution is -0.124. The Bertz CT molecular complexity index is 847. The van der Waals surface area contributed by atoms with Gasteiger partial charge < -0.3 is 15.5 Å². The minimum atomic E-state index is -0.409. The molecule has 1 saturated heterocycles. The van der Waals surface area contributed by atoms with Crippen molar-refractivity contribution in [3.05, 3.63) is 52.2 Å². The van der Waals surface area contributed by atoms with Gasteiger partial charge in [0.25, 0.3) is 11.8 Å². The van der Waals surface area contributed by atoms with Gasteiger partial charge in [0.1, 0.15) is 6.04 Å². The van der Waals surface area contributed by atoms with Crippen molar-refractivity contribution < 1.29 is 14.4 Å². The fourth-order valence-corrected chi connectivity index (χ4v) is 3.97. The summed E-state index contributed by atoms with van der Waals surface area (Å²) in [5.74, 6) is 0.131. The van der Waals surface area contributed by atoms with E-state index in [1.165, 1.54) is 11.3 Å². The Morgan fingerprint density at radius 2 is 1.93 bits per heavy atom. The summed E-state index contributed by atoms with van der Waals surface area (Å²) < 4.78 is 0. The molecule has 1 fully saturated rings. The van der Waals surface area contributed by atoms with Crippen molar-refractivity contribution in [2.75, 3.05) is 18.4 Å². The summed E-state index contributed by atoms with van der Waals surface area (Å²) in [6.45, 7) is 5.44. The number of hydrogen-bond acceptors (Lipinski definition) is 4. The summed E-state index contributed by atoms with van der Waals surface area (Å²) in [6.07, 6.45) is 2.43. The van der Waals surface area contributed by atoms with E-state index in [9.17, 15) is 14.4 Å². The van der Waals surface area contributed by atoms with Crippen LogP contribution in [-0.4, -0.2) is 41.8 Å². The number of likely N-dealkylation sites (tertiary alicyclic amines) is 1. The van der Waals surface area contributed by atoms with Crippen LogP contribution in [0.3, 0.4) is 0 Å². The highest BCUT2D eigenvalue weighted by Gasteiger charge is 2.34. The number of rotatable bonds is 7. The molecular weight excluding hydrogens is 386 g/mol. The second-order valence-corrected chi connectivity index (χ2v) is 8.59. The van der Waals surface area contributed by atoms with Crippen LogP contribution in [0.15, 0.2) is 41.8 Å². The largest absolute Gasteiger partial charge is 0.354 e. The first kappa shape index (κ1) is 21.0. The fraction of sp³-hybridized carbons (Fsp3) is 0.409. The zero-order valence-corrected chi connectivity index (χ0v) is 17.6. The van der Waals surface area contributed by atoms with Crippen molar-refractivity contribution in [3.8, 4) is 0 Å². The first-order chi connectivity index (χ1) is 14.0. The maximum absolute atomic E-state index is 12.9. The Balaban J connectivity index is 1.60. The molecule has 2 N–H and O–H groups in total. The van der Waals surface area contributed by atoms with E-state index in [0.717, 1.165) is 12.8 Å². The first-order valence-corrected chi connectivity index (χ1v) is 10.9. The van der Waals surface area contributed by atoms with Gasteiger partial charge in [0.05, 0.1) is 4.88 Å². The Morgan fingerprint density at radius 3 is 2.59 bits per heavy atom. The summed E-state index contributed by atoms with van der Waals surface area (Å²) in [7, 11) is 0. The second-order valence-electron chi connectivity index (χ2n) is 7.64. The average molecular weight is 414 g/mol. The van der Waals surface area contributed by atoms with E-state index in [1.807, 2.05) is 11.4 Å². The van der Waals surface area contributed by atoms with Gasteiger partial charge >= 0.3 is 0 Å². The van der Waals surface area contributed by atoms with Crippen LogP contribution in [0.1, 0.15) is 53.1 Å². The number of anilines is 1. The molecule has 0 bridgehead atoms. The highest BCUT2D eigenvalue weighted by atomic mass is 32.1. The molecule has 3 amide bonds. The summed E-state index contributed by atoms with van der Waals surface area (Å²) in [6, 6.07) is 9.99. The first-order valence-electron chi connectivity index (χ1n) is 9.99. The number of thiophene rings is 1. The predicted octanol–water partition coefficient (Wildman–Crippen LogP) is 3.77. The number of amides is 3. The lowest BCUT2D eigenvalue weighted by Crippen LogP contribution is -2.46. The molecule has 1 aromatic heterocycles. The van der Waals surface area contributed by atoms with Gasteiger partial charge in [-0.2, -0.15) is 0 Å². The molecule has 0 aliphatic carbocycles. The molecule has 0 spiro atoms. The van der Waals surface area contributed by atoms with Crippen LogP contribution >= 0.6 is 11.3 Å². The number of carbonyl (C=O) groups is 3. The Hall–Kier alpha value is -2.67. The van der Waals surface area contributed by atoms with Crippen LogP contribution < -0.4 is 10.6 Å². The van der Waals surface area contributed by atoms with Crippen LogP contribution in [0.2, 0.25) is 0 Å². The normalized spacial score (nSPS) is 16.1. The molecule has 7 heteroatoms. The van der Waals surface area contributed by atoms with E-state index in [4.69, 9.17) is 0 Å². The standard InChI is InChI=1S/C22H27N3O3S/c1-15(2)11-12-23-20(26)18-5-3-13-25(18)22(28)16-7-9-17(10-8-16)24-21(27)19-6-4-14-29-19/h4,6-10,14-15,18H,3,5,11-13H2,1-2H3,(H,23,26)(H,24,27). The summed E-state index contributed by atoms with van der Waals surface area (Å²) in [5.41, 5.74) is 1.14. The van der Waals surface area contributed by atoms with Gasteiger partial charge in [0, 0.05) is 24.3 Å². The van der Waals surface area contributed by atoms with Crippen molar-refractivity contribution in [3.63, 3.8) is 0 Å². The molecule has 29 heavy (non-hydrogen) atoms. The highest BCUT2D eigenvalue weighted by Crippen LogP contribution is 2.22. The van der Waals surface area contributed by atoms with Gasteiger partial charge in [-0.15, -0.1) is 11.3 Å². The molecule has 1 aliphatic heterocycles. The molecule has 2 aromatic rings. The maximum Gasteiger partial charge on any atom is 0.265 e. The third kappa shape index (κ3) is 5.44. The van der Waals surface area contributed by atoms with E-state index in [2.05, 4.69) is 24.5 Å². The Morgan fingerprint density at radius 1 is 1.17 bits per heavy atom. The van der Waals surface area contributed by atoms with E-state index < -0.39 is 6.04 Å². The minimum Gasteiger partial charge on any atom is -0.354 e. The molecule has 1 unspecified atom stereocenters. The number of carbonyl (C=O) groups excluding carboxylic acids is 3. The molecule has 0 radical (unpaired) electrons. The monoisotopic (exact) mass is 413 g/mol. The van der Waals surface area contributed by atoms with E-state index in [-0.39, 0.29) is 17.7 Å². The van der Waals surface area contributed by atoms with Gasteiger partial charge in [-0.1, -0.05) is 19.9 Å². The number of hydrogen-bond donors (Lipinski definition) is 2. The van der Waals surface area contributed by atoms with Gasteiger partial charge in [-0.05, 0) is 60.9 Å². The number of benzene rings is 1. The van der Waals surface area contributed by atoms with Gasteiger partial charge in [0.15, 0.2) is 0 Å². The maximum atomic E-state index is 12.9. The Kier molecular flexibility index (Phi) is 7.04. The molecule has 1 aromatic carbocycles. The van der Waals surface area contributed by atoms with Gasteiger partial charge in [0.2, 0.25) is 5.91 Å². The third-order valence-electron chi connectivity index (χ3n) is 4.97. The Labute approximate surface area is 175 Å². The fourth-order valence-electron chi connectivity index (χ4n) is 3.35. The van der Waals surface area contributed by atoms with Crippen molar-refractivity contribution in [1.29, 1.82) is 0 Å². The summed E-state index contributed by atoms with van der Waals surface area (Å²) >= 11 is 1.37. The smallest absolute Gasteiger partial charge is 0.265 e. The van der Waals surface area contributed by atoms with Crippen molar-refractivity contribution in [2.24, 2.45) is 5.92 Å². The SMILES string of the molecule is CC(C)CCNC(=O)C1CCCN1C(=O)c1ccc(NC(=O)c2cccs2)cc1. The van der Waals surface area contributed by atoms with Crippen LogP contribution in [0, 0.1) is 5.92 Å². The molecule has 6 nitrogen and oxygen atoms in total. The quantitative estimate of drug-likeness (QED) is 0.725. The molecule has 1 aliphatic rings. The lowest BCUT2D eigenvalue weighted by atomic mass is 10.1. The van der Waals surface area contributed by atoms with Gasteiger partial charge in [-0.3, -0.25) is 14.4 Å². The van der Waals surface area contributed by atoms with E-state index >= 15 is 0 Å². The van der Waals surface area contributed by atoms with Crippen LogP contribution in [0.4, 0.5) is 5.69 Å². The molecular formula is C22H27N3O3S. The topological polar surface area (TPSA) is 78.5 Å². The molecule has 1 atom stereocenters. The van der Waals surface area contributed by atoms with Crippen LogP contribution in [0.5, 0.6) is 0 Å². The molecule has 2 heterocycles. The third-order valence-corrected chi connectivity index (χ3v) is 5.84.